The minimum absolute atomic E-state index is 0.000950. The summed E-state index contributed by atoms with van der Waals surface area (Å²) in [5.41, 5.74) is 17.3. The van der Waals surface area contributed by atoms with Crippen LogP contribution in [0.2, 0.25) is 0 Å². The third kappa shape index (κ3) is 13.6. The number of halogens is 2. The molecule has 0 aliphatic carbocycles. The molecule has 0 fully saturated rings. The molecule has 0 bridgehead atoms. The molecular weight excluding hydrogens is 1260 g/mol. The Morgan fingerprint density at radius 3 is 0.882 bits per heavy atom. The average molecular weight is 1350 g/mol. The van der Waals surface area contributed by atoms with Crippen LogP contribution in [0, 0.1) is 36.3 Å². The van der Waals surface area contributed by atoms with Gasteiger partial charge in [-0.1, -0.05) is 239 Å². The fraction of sp³-hybridized carbons (Fsp3) is 0.234. The normalized spacial score (nSPS) is 12.3. The third-order valence-electron chi connectivity index (χ3n) is 20.2. The van der Waals surface area contributed by atoms with Gasteiger partial charge in [0, 0.05) is 43.8 Å². The van der Waals surface area contributed by atoms with Gasteiger partial charge >= 0.3 is 0 Å². The number of nitrogens with zero attached hydrogens (tertiary/aromatic N) is 2. The number of ether oxygens (including phenoxy) is 2. The molecule has 102 heavy (non-hydrogen) atoms. The zero-order chi connectivity index (χ0) is 71.6. The van der Waals surface area contributed by atoms with E-state index in [0.29, 0.717) is 69.1 Å². The molecule has 2 N–H and O–H groups in total. The van der Waals surface area contributed by atoms with Crippen LogP contribution < -0.4 is 9.47 Å². The Labute approximate surface area is 599 Å². The number of hydrogen-bond donors (Lipinski definition) is 2. The summed E-state index contributed by atoms with van der Waals surface area (Å²) < 4.78 is 50.9. The Morgan fingerprint density at radius 1 is 0.324 bits per heavy atom. The highest BCUT2D eigenvalue weighted by atomic mass is 19.1. The summed E-state index contributed by atoms with van der Waals surface area (Å²) in [5, 5.41) is 30.8. The van der Waals surface area contributed by atoms with Crippen molar-refractivity contribution in [1.29, 1.82) is 0 Å². The number of fused-ring (bicyclic) bond motifs is 6. The fourth-order valence-electron chi connectivity index (χ4n) is 16.2. The van der Waals surface area contributed by atoms with Crippen LogP contribution in [0.4, 0.5) is 8.78 Å². The van der Waals surface area contributed by atoms with E-state index in [2.05, 4.69) is 212 Å². The Morgan fingerprint density at radius 2 is 0.608 bits per heavy atom. The molecule has 12 aromatic carbocycles. The summed E-state index contributed by atoms with van der Waals surface area (Å²) in [7, 11) is 0. The first-order valence-electron chi connectivity index (χ1n) is 35.8. The van der Waals surface area contributed by atoms with Crippen LogP contribution in [0.1, 0.15) is 117 Å². The Kier molecular flexibility index (Phi) is 18.1. The molecule has 14 rings (SSSR count). The van der Waals surface area contributed by atoms with Gasteiger partial charge in [-0.05, 0) is 201 Å². The van der Waals surface area contributed by atoms with Crippen molar-refractivity contribution in [3.8, 4) is 101 Å². The topological polar surface area (TPSA) is 68.8 Å². The van der Waals surface area contributed by atoms with Gasteiger partial charge in [-0.15, -0.1) is 0 Å². The SMILES string of the molecule is Cc1cc(F)cc(-c2cc(C(C)(C)CC(C)(C)C)cc(-n3c4cc(-c5ccccc5)ccc4c4ccc(-c5ccccc5)cc43)c2O)c1OCCCCOc1c(C)cc(F)cc1-c1cc(C(C)(C)CC(C)(C)C)cc(-n2c3cc(-c4ccccc4)ccc3c3ccc(-c4ccccc4)cc32)c1O. The Bertz CT molecular complexity index is 4940. The summed E-state index contributed by atoms with van der Waals surface area (Å²) in [4.78, 5) is 0. The maximum atomic E-state index is 16.4. The molecule has 0 spiro atoms. The highest BCUT2D eigenvalue weighted by Crippen LogP contribution is 2.51. The van der Waals surface area contributed by atoms with Gasteiger partial charge in [0.25, 0.3) is 0 Å². The van der Waals surface area contributed by atoms with Gasteiger partial charge in [0.1, 0.15) is 34.6 Å². The molecule has 0 saturated heterocycles. The van der Waals surface area contributed by atoms with Crippen LogP contribution >= 0.6 is 0 Å². The van der Waals surface area contributed by atoms with Crippen LogP contribution in [0.15, 0.2) is 243 Å². The second kappa shape index (κ2) is 27.0. The van der Waals surface area contributed by atoms with Gasteiger partial charge in [-0.25, -0.2) is 8.78 Å². The Balaban J connectivity index is 0.828. The average Bonchev–Trinajstić information content (AvgIpc) is 1.29. The zero-order valence-electron chi connectivity index (χ0n) is 60.7. The first kappa shape index (κ1) is 68.4. The lowest BCUT2D eigenvalue weighted by atomic mass is 9.71. The number of benzene rings is 12. The molecular formula is C94H90F2N2O4. The number of rotatable bonds is 19. The van der Waals surface area contributed by atoms with E-state index in [-0.39, 0.29) is 35.5 Å². The van der Waals surface area contributed by atoms with E-state index in [9.17, 15) is 10.2 Å². The van der Waals surface area contributed by atoms with E-state index in [0.717, 1.165) is 112 Å². The van der Waals surface area contributed by atoms with E-state index in [1.165, 1.54) is 24.3 Å². The second-order valence-electron chi connectivity index (χ2n) is 31.7. The van der Waals surface area contributed by atoms with Crippen molar-refractivity contribution in [2.45, 2.75) is 120 Å². The third-order valence-corrected chi connectivity index (χ3v) is 20.2. The summed E-state index contributed by atoms with van der Waals surface area (Å²) in [6, 6.07) is 81.9. The van der Waals surface area contributed by atoms with Crippen molar-refractivity contribution >= 4 is 43.6 Å². The van der Waals surface area contributed by atoms with Crippen molar-refractivity contribution in [2.24, 2.45) is 10.8 Å². The van der Waals surface area contributed by atoms with Crippen molar-refractivity contribution in [3.63, 3.8) is 0 Å². The van der Waals surface area contributed by atoms with E-state index in [4.69, 9.17) is 9.47 Å². The Hall–Kier alpha value is -10.7. The first-order chi connectivity index (χ1) is 48.8. The van der Waals surface area contributed by atoms with Gasteiger partial charge in [0.15, 0.2) is 0 Å². The second-order valence-corrected chi connectivity index (χ2v) is 31.7. The number of phenolic OH excluding ortho intramolecular Hbond substituents is 2. The highest BCUT2D eigenvalue weighted by molar-refractivity contribution is 6.13. The van der Waals surface area contributed by atoms with Crippen LogP contribution in [-0.4, -0.2) is 32.6 Å². The molecule has 0 saturated carbocycles. The lowest BCUT2D eigenvalue weighted by molar-refractivity contribution is 0.265. The summed E-state index contributed by atoms with van der Waals surface area (Å²) >= 11 is 0. The van der Waals surface area contributed by atoms with E-state index in [1.807, 2.05) is 98.8 Å². The van der Waals surface area contributed by atoms with E-state index >= 15 is 8.78 Å². The molecule has 14 aromatic rings. The number of unbranched alkanes of at least 4 members (excludes halogenated alkanes) is 1. The smallest absolute Gasteiger partial charge is 0.147 e. The van der Waals surface area contributed by atoms with E-state index in [1.54, 1.807) is 0 Å². The maximum absolute atomic E-state index is 16.4. The maximum Gasteiger partial charge on any atom is 0.147 e. The minimum Gasteiger partial charge on any atom is -0.505 e. The number of hydrogen-bond acceptors (Lipinski definition) is 4. The van der Waals surface area contributed by atoms with Gasteiger partial charge < -0.3 is 28.8 Å². The zero-order valence-corrected chi connectivity index (χ0v) is 60.7. The first-order valence-corrected chi connectivity index (χ1v) is 35.8. The molecule has 8 heteroatoms. The quantitative estimate of drug-likeness (QED) is 0.0792. The largest absolute Gasteiger partial charge is 0.505 e. The van der Waals surface area contributed by atoms with Gasteiger partial charge in [0.2, 0.25) is 0 Å². The molecule has 2 aromatic heterocycles. The standard InChI is InChI=1S/C94H90F2N2O4/c1-59-45-71(95)55-79(77-51-69(93(9,10)57-91(3,4)5)53-85(87(77)99)97-81-47-65(61-27-17-13-18-28-61)35-39-73(81)74-40-36-66(48-82(74)97)62-29-19-14-20-30-62)89(59)101-43-25-26-44-102-90-60(2)46-72(96)56-80(90)78-52-70(94(11,12)58-92(6,7)8)54-86(88(78)100)98-83-49-67(63-31-21-15-22-32-63)37-41-75(83)76-42-38-68(50-84(76)98)64-33-23-16-24-34-64/h13-24,27-42,45-56,99-100H,25-26,43-44,57-58H2,1-12H3. The van der Waals surface area contributed by atoms with Crippen LogP contribution in [0.25, 0.3) is 122 Å². The van der Waals surface area contributed by atoms with E-state index < -0.39 is 22.5 Å². The summed E-state index contributed by atoms with van der Waals surface area (Å²) in [6.45, 7) is 26.7. The fourth-order valence-corrected chi connectivity index (χ4v) is 16.2. The summed E-state index contributed by atoms with van der Waals surface area (Å²) in [6.07, 6.45) is 2.70. The molecule has 2 heterocycles. The highest BCUT2D eigenvalue weighted by Gasteiger charge is 2.34. The van der Waals surface area contributed by atoms with Crippen LogP contribution in [-0.2, 0) is 10.8 Å². The predicted molar refractivity (Wildman–Crippen MR) is 421 cm³/mol. The number of aromatic hydroxyl groups is 2. The molecule has 0 unspecified atom stereocenters. The summed E-state index contributed by atoms with van der Waals surface area (Å²) in [5.74, 6) is 0.0428. The lowest BCUT2D eigenvalue weighted by Crippen LogP contribution is -2.25. The van der Waals surface area contributed by atoms with Gasteiger partial charge in [-0.3, -0.25) is 0 Å². The molecule has 0 atom stereocenters. The number of aromatic nitrogens is 2. The predicted octanol–water partition coefficient (Wildman–Crippen LogP) is 25.9. The molecule has 514 valence electrons. The van der Waals surface area contributed by atoms with Crippen LogP contribution in [0.3, 0.4) is 0 Å². The molecule has 6 nitrogen and oxygen atoms in total. The molecule has 0 radical (unpaired) electrons. The van der Waals surface area contributed by atoms with Gasteiger partial charge in [-0.2, -0.15) is 0 Å². The molecule has 0 aliphatic heterocycles. The molecule has 0 amide bonds. The monoisotopic (exact) mass is 1350 g/mol. The number of phenols is 2. The van der Waals surface area contributed by atoms with Crippen molar-refractivity contribution in [2.75, 3.05) is 13.2 Å². The van der Waals surface area contributed by atoms with Crippen LogP contribution in [0.5, 0.6) is 23.0 Å². The van der Waals surface area contributed by atoms with Crippen molar-refractivity contribution in [1.82, 2.24) is 9.13 Å². The van der Waals surface area contributed by atoms with Gasteiger partial charge in [0.05, 0.1) is 46.7 Å². The van der Waals surface area contributed by atoms with Crippen molar-refractivity contribution in [3.05, 3.63) is 277 Å². The number of aryl methyl sites for hydroxylation is 2. The minimum atomic E-state index is -0.447. The molecule has 0 aliphatic rings. The van der Waals surface area contributed by atoms with Crippen molar-refractivity contribution < 1.29 is 28.5 Å². The lowest BCUT2D eigenvalue weighted by Gasteiger charge is -2.34.